The quantitative estimate of drug-likeness (QED) is 0.740. The molecule has 0 aromatic carbocycles. The van der Waals surface area contributed by atoms with Gasteiger partial charge in [0.2, 0.25) is 5.91 Å². The van der Waals surface area contributed by atoms with Crippen molar-refractivity contribution in [2.45, 2.75) is 44.6 Å². The van der Waals surface area contributed by atoms with Crippen LogP contribution in [-0.2, 0) is 4.79 Å². The van der Waals surface area contributed by atoms with Crippen molar-refractivity contribution in [3.05, 3.63) is 0 Å². The molecule has 82 valence electrons. The summed E-state index contributed by atoms with van der Waals surface area (Å²) < 4.78 is 0. The first-order chi connectivity index (χ1) is 6.75. The Kier molecular flexibility index (Phi) is 4.94. The van der Waals surface area contributed by atoms with Gasteiger partial charge >= 0.3 is 0 Å². The Bertz CT molecular complexity index is 176. The molecule has 1 fully saturated rings. The standard InChI is InChI=1S/C11H22N2O/c1-12-9-8-11(14)13(2)10-6-4-3-5-7-10/h10,12H,3-9H2,1-2H3. The van der Waals surface area contributed by atoms with Crippen molar-refractivity contribution < 1.29 is 4.79 Å². The fourth-order valence-corrected chi connectivity index (χ4v) is 2.08. The molecular formula is C11H22N2O. The van der Waals surface area contributed by atoms with Gasteiger partial charge in [0, 0.05) is 26.1 Å². The fraction of sp³-hybridized carbons (Fsp3) is 0.909. The molecule has 0 aromatic heterocycles. The number of nitrogens with one attached hydrogen (secondary N) is 1. The first-order valence-electron chi connectivity index (χ1n) is 5.66. The van der Waals surface area contributed by atoms with Gasteiger partial charge in [0.15, 0.2) is 0 Å². The van der Waals surface area contributed by atoms with Crippen molar-refractivity contribution >= 4 is 5.91 Å². The van der Waals surface area contributed by atoms with Crippen molar-refractivity contribution in [3.8, 4) is 0 Å². The molecule has 3 nitrogen and oxygen atoms in total. The Hall–Kier alpha value is -0.570. The molecule has 1 N–H and O–H groups in total. The van der Waals surface area contributed by atoms with Crippen LogP contribution < -0.4 is 5.32 Å². The predicted molar refractivity (Wildman–Crippen MR) is 58.2 cm³/mol. The molecule has 1 amide bonds. The average Bonchev–Trinajstić information content (AvgIpc) is 2.26. The lowest BCUT2D eigenvalue weighted by atomic mass is 9.94. The highest BCUT2D eigenvalue weighted by molar-refractivity contribution is 5.76. The maximum atomic E-state index is 11.7. The molecule has 0 radical (unpaired) electrons. The van der Waals surface area contributed by atoms with E-state index in [1.165, 1.54) is 32.1 Å². The first kappa shape index (κ1) is 11.5. The third-order valence-corrected chi connectivity index (χ3v) is 3.10. The zero-order chi connectivity index (χ0) is 10.4. The number of hydrogen-bond donors (Lipinski definition) is 1. The van der Waals surface area contributed by atoms with Gasteiger partial charge in [-0.05, 0) is 19.9 Å². The van der Waals surface area contributed by atoms with Crippen LogP contribution in [0.1, 0.15) is 38.5 Å². The average molecular weight is 198 g/mol. The molecule has 0 spiro atoms. The Morgan fingerprint density at radius 2 is 2.00 bits per heavy atom. The third-order valence-electron chi connectivity index (χ3n) is 3.10. The summed E-state index contributed by atoms with van der Waals surface area (Å²) in [5.74, 6) is 0.284. The van der Waals surface area contributed by atoms with E-state index in [1.54, 1.807) is 0 Å². The zero-order valence-electron chi connectivity index (χ0n) is 9.38. The second-order valence-electron chi connectivity index (χ2n) is 4.15. The molecule has 3 heteroatoms. The number of hydrogen-bond acceptors (Lipinski definition) is 2. The Balaban J connectivity index is 2.30. The second-order valence-corrected chi connectivity index (χ2v) is 4.15. The lowest BCUT2D eigenvalue weighted by molar-refractivity contribution is -0.132. The van der Waals surface area contributed by atoms with Crippen LogP contribution in [0.15, 0.2) is 0 Å². The van der Waals surface area contributed by atoms with E-state index in [1.807, 2.05) is 19.0 Å². The van der Waals surface area contributed by atoms with E-state index in [0.717, 1.165) is 6.54 Å². The first-order valence-corrected chi connectivity index (χ1v) is 5.66. The number of carbonyl (C=O) groups excluding carboxylic acids is 1. The Labute approximate surface area is 86.9 Å². The van der Waals surface area contributed by atoms with Gasteiger partial charge in [-0.1, -0.05) is 19.3 Å². The van der Waals surface area contributed by atoms with E-state index in [2.05, 4.69) is 5.32 Å². The molecule has 1 saturated carbocycles. The minimum absolute atomic E-state index is 0.284. The maximum absolute atomic E-state index is 11.7. The number of carbonyl (C=O) groups is 1. The van der Waals surface area contributed by atoms with Crippen molar-refractivity contribution in [2.75, 3.05) is 20.6 Å². The fourth-order valence-electron chi connectivity index (χ4n) is 2.08. The molecular weight excluding hydrogens is 176 g/mol. The summed E-state index contributed by atoms with van der Waals surface area (Å²) in [6, 6.07) is 0.508. The number of nitrogens with zero attached hydrogens (tertiary/aromatic N) is 1. The highest BCUT2D eigenvalue weighted by atomic mass is 16.2. The normalized spacial score (nSPS) is 18.1. The second kappa shape index (κ2) is 6.02. The number of amides is 1. The van der Waals surface area contributed by atoms with Gasteiger partial charge in [-0.25, -0.2) is 0 Å². The van der Waals surface area contributed by atoms with Crippen molar-refractivity contribution in [1.82, 2.24) is 10.2 Å². The summed E-state index contributed by atoms with van der Waals surface area (Å²) >= 11 is 0. The van der Waals surface area contributed by atoms with Crippen LogP contribution in [0.5, 0.6) is 0 Å². The minimum atomic E-state index is 0.284. The number of rotatable bonds is 4. The van der Waals surface area contributed by atoms with E-state index in [4.69, 9.17) is 0 Å². The van der Waals surface area contributed by atoms with Gasteiger partial charge < -0.3 is 10.2 Å². The van der Waals surface area contributed by atoms with Crippen LogP contribution in [-0.4, -0.2) is 37.5 Å². The molecule has 0 atom stereocenters. The van der Waals surface area contributed by atoms with Gasteiger partial charge in [0.1, 0.15) is 0 Å². The summed E-state index contributed by atoms with van der Waals surface area (Å²) in [5.41, 5.74) is 0. The molecule has 0 bridgehead atoms. The SMILES string of the molecule is CNCCC(=O)N(C)C1CCCCC1. The van der Waals surface area contributed by atoms with Crippen molar-refractivity contribution in [2.24, 2.45) is 0 Å². The van der Waals surface area contributed by atoms with E-state index in [-0.39, 0.29) is 5.91 Å². The van der Waals surface area contributed by atoms with E-state index >= 15 is 0 Å². The summed E-state index contributed by atoms with van der Waals surface area (Å²) in [6.45, 7) is 0.788. The van der Waals surface area contributed by atoms with Crippen LogP contribution in [0.3, 0.4) is 0 Å². The summed E-state index contributed by atoms with van der Waals surface area (Å²) in [4.78, 5) is 13.6. The van der Waals surface area contributed by atoms with Crippen LogP contribution in [0, 0.1) is 0 Å². The van der Waals surface area contributed by atoms with Crippen LogP contribution in [0.2, 0.25) is 0 Å². The van der Waals surface area contributed by atoms with Crippen LogP contribution in [0.25, 0.3) is 0 Å². The molecule has 1 aliphatic rings. The molecule has 1 aliphatic carbocycles. The molecule has 0 heterocycles. The molecule has 0 unspecified atom stereocenters. The zero-order valence-corrected chi connectivity index (χ0v) is 9.38. The van der Waals surface area contributed by atoms with Crippen LogP contribution in [0.4, 0.5) is 0 Å². The van der Waals surface area contributed by atoms with Gasteiger partial charge in [-0.3, -0.25) is 4.79 Å². The maximum Gasteiger partial charge on any atom is 0.223 e. The monoisotopic (exact) mass is 198 g/mol. The molecule has 14 heavy (non-hydrogen) atoms. The minimum Gasteiger partial charge on any atom is -0.343 e. The largest absolute Gasteiger partial charge is 0.343 e. The summed E-state index contributed by atoms with van der Waals surface area (Å²) in [5, 5.41) is 3.01. The molecule has 1 rings (SSSR count). The van der Waals surface area contributed by atoms with Crippen molar-refractivity contribution in [3.63, 3.8) is 0 Å². The van der Waals surface area contributed by atoms with Gasteiger partial charge in [0.05, 0.1) is 0 Å². The van der Waals surface area contributed by atoms with E-state index in [9.17, 15) is 4.79 Å². The Morgan fingerprint density at radius 1 is 1.36 bits per heavy atom. The predicted octanol–water partition coefficient (Wildman–Crippen LogP) is 1.39. The van der Waals surface area contributed by atoms with E-state index < -0.39 is 0 Å². The van der Waals surface area contributed by atoms with E-state index in [0.29, 0.717) is 12.5 Å². The lowest BCUT2D eigenvalue weighted by Crippen LogP contribution is -2.39. The van der Waals surface area contributed by atoms with Crippen LogP contribution >= 0.6 is 0 Å². The topological polar surface area (TPSA) is 32.3 Å². The molecule has 0 saturated heterocycles. The Morgan fingerprint density at radius 3 is 2.57 bits per heavy atom. The smallest absolute Gasteiger partial charge is 0.223 e. The molecule has 0 aromatic rings. The lowest BCUT2D eigenvalue weighted by Gasteiger charge is -2.31. The highest BCUT2D eigenvalue weighted by Gasteiger charge is 2.21. The third kappa shape index (κ3) is 3.29. The molecule has 0 aliphatic heterocycles. The summed E-state index contributed by atoms with van der Waals surface area (Å²) in [7, 11) is 3.84. The van der Waals surface area contributed by atoms with Crippen molar-refractivity contribution in [1.29, 1.82) is 0 Å². The van der Waals surface area contributed by atoms with Gasteiger partial charge in [-0.15, -0.1) is 0 Å². The van der Waals surface area contributed by atoms with Gasteiger partial charge in [0.25, 0.3) is 0 Å². The summed E-state index contributed by atoms with van der Waals surface area (Å²) in [6.07, 6.45) is 6.94. The van der Waals surface area contributed by atoms with Gasteiger partial charge in [-0.2, -0.15) is 0 Å². The highest BCUT2D eigenvalue weighted by Crippen LogP contribution is 2.21.